The third-order valence-corrected chi connectivity index (χ3v) is 5.03. The normalized spacial score (nSPS) is 23.3. The lowest BCUT2D eigenvalue weighted by Gasteiger charge is -2.44. The van der Waals surface area contributed by atoms with Gasteiger partial charge in [0.05, 0.1) is 6.04 Å². The van der Waals surface area contributed by atoms with Crippen LogP contribution in [-0.4, -0.2) is 55.1 Å². The Labute approximate surface area is 125 Å². The summed E-state index contributed by atoms with van der Waals surface area (Å²) in [7, 11) is 0. The molecule has 1 aromatic heterocycles. The van der Waals surface area contributed by atoms with Gasteiger partial charge in [0.2, 0.25) is 0 Å². The first-order valence-electron chi connectivity index (χ1n) is 7.98. The molecule has 3 heterocycles. The molecular weight excluding hydrogens is 262 g/mol. The zero-order valence-electron chi connectivity index (χ0n) is 12.6. The molecule has 4 nitrogen and oxygen atoms in total. The van der Waals surface area contributed by atoms with E-state index in [4.69, 9.17) is 4.42 Å². The van der Waals surface area contributed by atoms with Crippen molar-refractivity contribution in [3.8, 4) is 0 Å². The quantitative estimate of drug-likeness (QED) is 0.936. The highest BCUT2D eigenvalue weighted by atomic mass is 16.3. The average molecular weight is 285 g/mol. The van der Waals surface area contributed by atoms with Crippen LogP contribution in [0.5, 0.6) is 0 Å². The number of nitrogens with one attached hydrogen (secondary N) is 1. The molecular formula is C17H23N3O. The number of benzene rings is 1. The Morgan fingerprint density at radius 1 is 1.14 bits per heavy atom. The molecule has 2 aliphatic heterocycles. The number of fused-ring (bicyclic) bond motifs is 1. The Kier molecular flexibility index (Phi) is 3.45. The molecule has 2 aromatic rings. The van der Waals surface area contributed by atoms with Crippen molar-refractivity contribution >= 4 is 11.0 Å². The molecule has 1 N–H and O–H groups in total. The zero-order valence-corrected chi connectivity index (χ0v) is 12.6. The van der Waals surface area contributed by atoms with Crippen molar-refractivity contribution in [2.45, 2.75) is 19.0 Å². The zero-order chi connectivity index (χ0) is 14.2. The minimum absolute atomic E-state index is 0.360. The molecule has 2 aliphatic rings. The summed E-state index contributed by atoms with van der Waals surface area (Å²) in [4.78, 5) is 5.17. The van der Waals surface area contributed by atoms with Gasteiger partial charge in [0.1, 0.15) is 11.3 Å². The van der Waals surface area contributed by atoms with Crippen molar-refractivity contribution in [2.75, 3.05) is 39.3 Å². The van der Waals surface area contributed by atoms with Gasteiger partial charge in [-0.15, -0.1) is 0 Å². The smallest absolute Gasteiger partial charge is 0.134 e. The molecule has 1 atom stereocenters. The fourth-order valence-electron chi connectivity index (χ4n) is 3.41. The highest BCUT2D eigenvalue weighted by molar-refractivity contribution is 5.77. The van der Waals surface area contributed by atoms with Crippen molar-refractivity contribution in [3.63, 3.8) is 0 Å². The lowest BCUT2D eigenvalue weighted by atomic mass is 10.1. The maximum Gasteiger partial charge on any atom is 0.134 e. The highest BCUT2D eigenvalue weighted by Crippen LogP contribution is 2.28. The second-order valence-corrected chi connectivity index (χ2v) is 6.25. The van der Waals surface area contributed by atoms with Gasteiger partial charge in [0, 0.05) is 50.7 Å². The van der Waals surface area contributed by atoms with E-state index in [0.29, 0.717) is 6.04 Å². The van der Waals surface area contributed by atoms with E-state index in [1.807, 2.05) is 12.1 Å². The monoisotopic (exact) mass is 285 g/mol. The van der Waals surface area contributed by atoms with Gasteiger partial charge in [0.15, 0.2) is 0 Å². The first kappa shape index (κ1) is 13.3. The molecule has 0 radical (unpaired) electrons. The van der Waals surface area contributed by atoms with E-state index in [2.05, 4.69) is 40.2 Å². The van der Waals surface area contributed by atoms with Crippen LogP contribution in [0.1, 0.15) is 18.7 Å². The van der Waals surface area contributed by atoms with Gasteiger partial charge in [-0.05, 0) is 19.1 Å². The number of hydrogen-bond donors (Lipinski definition) is 1. The van der Waals surface area contributed by atoms with E-state index in [0.717, 1.165) is 30.5 Å². The second kappa shape index (κ2) is 5.44. The van der Waals surface area contributed by atoms with Gasteiger partial charge in [-0.25, -0.2) is 0 Å². The highest BCUT2D eigenvalue weighted by Gasteiger charge is 2.30. The van der Waals surface area contributed by atoms with Gasteiger partial charge in [-0.3, -0.25) is 9.80 Å². The van der Waals surface area contributed by atoms with Crippen LogP contribution in [0.4, 0.5) is 0 Å². The lowest BCUT2D eigenvalue weighted by molar-refractivity contribution is 0.0508. The minimum atomic E-state index is 0.360. The van der Waals surface area contributed by atoms with Gasteiger partial charge < -0.3 is 9.73 Å². The molecule has 112 valence electrons. The number of rotatable bonds is 3. The topological polar surface area (TPSA) is 31.7 Å². The predicted octanol–water partition coefficient (Wildman–Crippen LogP) is 2.08. The second-order valence-electron chi connectivity index (χ2n) is 6.25. The lowest BCUT2D eigenvalue weighted by Crippen LogP contribution is -2.61. The molecule has 21 heavy (non-hydrogen) atoms. The molecule has 1 unspecified atom stereocenters. The first-order chi connectivity index (χ1) is 10.3. The maximum atomic E-state index is 6.02. The van der Waals surface area contributed by atoms with Crippen LogP contribution in [0, 0.1) is 0 Å². The van der Waals surface area contributed by atoms with Crippen molar-refractivity contribution in [3.05, 3.63) is 36.1 Å². The van der Waals surface area contributed by atoms with E-state index in [-0.39, 0.29) is 0 Å². The van der Waals surface area contributed by atoms with Gasteiger partial charge >= 0.3 is 0 Å². The molecule has 0 spiro atoms. The van der Waals surface area contributed by atoms with Crippen LogP contribution in [0.2, 0.25) is 0 Å². The third-order valence-electron chi connectivity index (χ3n) is 5.03. The molecule has 2 saturated heterocycles. The fraction of sp³-hybridized carbons (Fsp3) is 0.529. The molecule has 1 aromatic carbocycles. The number of nitrogens with zero attached hydrogens (tertiary/aromatic N) is 2. The summed E-state index contributed by atoms with van der Waals surface area (Å²) in [5.74, 6) is 1.09. The Balaban J connectivity index is 1.44. The predicted molar refractivity (Wildman–Crippen MR) is 84.4 cm³/mol. The van der Waals surface area contributed by atoms with Crippen LogP contribution in [0.15, 0.2) is 34.7 Å². The fourth-order valence-corrected chi connectivity index (χ4v) is 3.41. The van der Waals surface area contributed by atoms with Gasteiger partial charge in [-0.2, -0.15) is 0 Å². The minimum Gasteiger partial charge on any atom is -0.459 e. The van der Waals surface area contributed by atoms with E-state index in [9.17, 15) is 0 Å². The Morgan fingerprint density at radius 3 is 2.57 bits per heavy atom. The number of hydrogen-bond acceptors (Lipinski definition) is 4. The van der Waals surface area contributed by atoms with Crippen LogP contribution >= 0.6 is 0 Å². The van der Waals surface area contributed by atoms with Crippen LogP contribution in [0.25, 0.3) is 11.0 Å². The summed E-state index contributed by atoms with van der Waals surface area (Å²) in [6.07, 6.45) is 0. The molecule has 2 fully saturated rings. The summed E-state index contributed by atoms with van der Waals surface area (Å²) in [5, 5.41) is 4.57. The van der Waals surface area contributed by atoms with Crippen molar-refractivity contribution in [2.24, 2.45) is 0 Å². The van der Waals surface area contributed by atoms with Crippen LogP contribution in [0.3, 0.4) is 0 Å². The Hall–Kier alpha value is -1.36. The average Bonchev–Trinajstić information content (AvgIpc) is 2.89. The van der Waals surface area contributed by atoms with Gasteiger partial charge in [0.25, 0.3) is 0 Å². The standard InChI is InChI=1S/C17H23N3O/c1-13(17-10-14-4-2-3-5-16(14)21-17)19-6-8-20(9-7-19)15-11-18-12-15/h2-5,10,13,15,18H,6-9,11-12H2,1H3. The molecule has 0 aliphatic carbocycles. The van der Waals surface area contributed by atoms with E-state index < -0.39 is 0 Å². The summed E-state index contributed by atoms with van der Waals surface area (Å²) >= 11 is 0. The molecule has 0 amide bonds. The number of furan rings is 1. The van der Waals surface area contributed by atoms with Crippen molar-refractivity contribution < 1.29 is 4.42 Å². The van der Waals surface area contributed by atoms with E-state index >= 15 is 0 Å². The molecule has 4 heteroatoms. The Bertz CT molecular complexity index is 578. The summed E-state index contributed by atoms with van der Waals surface area (Å²) in [6.45, 7) is 9.22. The summed E-state index contributed by atoms with van der Waals surface area (Å²) < 4.78 is 6.02. The summed E-state index contributed by atoms with van der Waals surface area (Å²) in [6, 6.07) is 11.6. The molecule has 0 saturated carbocycles. The largest absolute Gasteiger partial charge is 0.459 e. The molecule has 0 bridgehead atoms. The SMILES string of the molecule is CC(c1cc2ccccc2o1)N1CCN(C2CNC2)CC1. The molecule has 4 rings (SSSR count). The first-order valence-corrected chi connectivity index (χ1v) is 7.98. The maximum absolute atomic E-state index is 6.02. The van der Waals surface area contributed by atoms with Crippen LogP contribution in [-0.2, 0) is 0 Å². The van der Waals surface area contributed by atoms with Crippen molar-refractivity contribution in [1.29, 1.82) is 0 Å². The third kappa shape index (κ3) is 2.48. The number of para-hydroxylation sites is 1. The van der Waals surface area contributed by atoms with E-state index in [1.54, 1.807) is 0 Å². The Morgan fingerprint density at radius 2 is 1.90 bits per heavy atom. The van der Waals surface area contributed by atoms with Crippen molar-refractivity contribution in [1.82, 2.24) is 15.1 Å². The number of piperazine rings is 1. The van der Waals surface area contributed by atoms with E-state index in [1.165, 1.54) is 31.6 Å². The van der Waals surface area contributed by atoms with Gasteiger partial charge in [-0.1, -0.05) is 18.2 Å². The summed E-state index contributed by atoms with van der Waals surface area (Å²) in [5.41, 5.74) is 0.999. The van der Waals surface area contributed by atoms with Crippen LogP contribution < -0.4 is 5.32 Å².